The lowest BCUT2D eigenvalue weighted by Crippen LogP contribution is -1.70. The van der Waals surface area contributed by atoms with E-state index in [4.69, 9.17) is 0 Å². The Balaban J connectivity index is 3.72. The molecule has 0 unspecified atom stereocenters. The summed E-state index contributed by atoms with van der Waals surface area (Å²) in [6.45, 7) is 1.91. The van der Waals surface area contributed by atoms with Gasteiger partial charge in [0.25, 0.3) is 0 Å². The van der Waals surface area contributed by atoms with Crippen LogP contribution in [0.3, 0.4) is 0 Å². The Morgan fingerprint density at radius 2 is 2.00 bits per heavy atom. The van der Waals surface area contributed by atoms with Gasteiger partial charge in [0.2, 0.25) is 0 Å². The lowest BCUT2D eigenvalue weighted by atomic mass is 10.3. The molecule has 0 N–H and O–H groups in total. The number of hydrogen-bond donors (Lipinski definition) is 0. The molecule has 0 atom stereocenters. The summed E-state index contributed by atoms with van der Waals surface area (Å²) in [7, 11) is 0. The van der Waals surface area contributed by atoms with E-state index in [-0.39, 0.29) is 0 Å². The molecule has 7 heavy (non-hydrogen) atoms. The molecule has 0 aliphatic heterocycles. The molecular weight excluding hydrogens is 124 g/mol. The summed E-state index contributed by atoms with van der Waals surface area (Å²) >= 11 is 9.11. The maximum Gasteiger partial charge on any atom is 0.00431 e. The molecule has 0 amide bonds. The lowest BCUT2D eigenvalue weighted by Gasteiger charge is -1.77. The first-order valence-corrected chi connectivity index (χ1v) is 2.82. The van der Waals surface area contributed by atoms with Crippen molar-refractivity contribution >= 4 is 35.2 Å². The van der Waals surface area contributed by atoms with Gasteiger partial charge in [-0.15, -0.1) is 0 Å². The van der Waals surface area contributed by atoms with E-state index in [9.17, 15) is 0 Å². The zero-order chi connectivity index (χ0) is 5.70. The molecule has 0 saturated heterocycles. The van der Waals surface area contributed by atoms with Crippen LogP contribution in [0.4, 0.5) is 0 Å². The average molecular weight is 130 g/mol. The van der Waals surface area contributed by atoms with Crippen LogP contribution in [-0.2, 0) is 0 Å². The van der Waals surface area contributed by atoms with Gasteiger partial charge in [-0.1, -0.05) is 24.4 Å². The van der Waals surface area contributed by atoms with E-state index in [1.54, 1.807) is 16.8 Å². The summed E-state index contributed by atoms with van der Waals surface area (Å²) in [5.74, 6) is 0. The number of thiocarbonyl (C=S) groups is 2. The van der Waals surface area contributed by atoms with Gasteiger partial charge in [0.05, 0.1) is 0 Å². The first kappa shape index (κ1) is 6.92. The molecule has 2 heteroatoms. The Bertz CT molecular complexity index is 103. The zero-order valence-corrected chi connectivity index (χ0v) is 5.68. The number of hydrogen-bond acceptors (Lipinski definition) is 2. The highest BCUT2D eigenvalue weighted by Gasteiger charge is 1.71. The maximum absolute atomic E-state index is 4.58. The van der Waals surface area contributed by atoms with E-state index in [0.29, 0.717) is 0 Å². The molecule has 0 aromatic rings. The minimum atomic E-state index is 1.03. The third-order valence-corrected chi connectivity index (χ3v) is 1.02. The topological polar surface area (TPSA) is 0 Å². The smallest absolute Gasteiger partial charge is 0.00431 e. The Morgan fingerprint density at radius 3 is 2.14 bits per heavy atom. The van der Waals surface area contributed by atoms with Crippen molar-refractivity contribution in [3.8, 4) is 0 Å². The summed E-state index contributed by atoms with van der Waals surface area (Å²) in [5.41, 5.74) is 1.03. The normalized spacial score (nSPS) is 10.7. The molecule has 0 radical (unpaired) electrons. The van der Waals surface area contributed by atoms with Gasteiger partial charge >= 0.3 is 0 Å². The second kappa shape index (κ2) is 4.09. The van der Waals surface area contributed by atoms with E-state index in [1.807, 2.05) is 6.92 Å². The van der Waals surface area contributed by atoms with Crippen molar-refractivity contribution in [1.82, 2.24) is 0 Å². The summed E-state index contributed by atoms with van der Waals surface area (Å²) < 4.78 is 0. The zero-order valence-electron chi connectivity index (χ0n) is 4.05. The minimum Gasteiger partial charge on any atom is -0.0887 e. The summed E-state index contributed by atoms with van der Waals surface area (Å²) in [5, 5.41) is 3.15. The van der Waals surface area contributed by atoms with Gasteiger partial charge in [-0.3, -0.25) is 0 Å². The van der Waals surface area contributed by atoms with E-state index >= 15 is 0 Å². The van der Waals surface area contributed by atoms with Crippen molar-refractivity contribution in [3.63, 3.8) is 0 Å². The molecule has 0 nitrogen and oxygen atoms in total. The molecule has 0 bridgehead atoms. The van der Waals surface area contributed by atoms with E-state index in [0.717, 1.165) is 5.57 Å². The van der Waals surface area contributed by atoms with Crippen LogP contribution in [0.15, 0.2) is 11.6 Å². The van der Waals surface area contributed by atoms with Crippen molar-refractivity contribution in [1.29, 1.82) is 0 Å². The Kier molecular flexibility index (Phi) is 4.04. The predicted molar refractivity (Wildman–Crippen MR) is 41.1 cm³/mol. The Morgan fingerprint density at radius 1 is 1.43 bits per heavy atom. The van der Waals surface area contributed by atoms with Crippen LogP contribution in [0.5, 0.6) is 0 Å². The van der Waals surface area contributed by atoms with Gasteiger partial charge < -0.3 is 0 Å². The lowest BCUT2D eigenvalue weighted by molar-refractivity contribution is 1.67. The van der Waals surface area contributed by atoms with Gasteiger partial charge in [-0.25, -0.2) is 0 Å². The molecular formula is C5H6S2. The molecule has 0 heterocycles. The van der Waals surface area contributed by atoms with E-state index < -0.39 is 0 Å². The fourth-order valence-electron chi connectivity index (χ4n) is 0.147. The van der Waals surface area contributed by atoms with Gasteiger partial charge in [-0.2, -0.15) is 0 Å². The molecule has 0 saturated carbocycles. The first-order valence-electron chi connectivity index (χ1n) is 1.88. The summed E-state index contributed by atoms with van der Waals surface area (Å²) in [6.07, 6.45) is 1.79. The molecule has 0 aliphatic rings. The maximum atomic E-state index is 4.58. The van der Waals surface area contributed by atoms with Crippen LogP contribution in [-0.4, -0.2) is 10.7 Å². The average Bonchev–Trinajstić information content (AvgIpc) is 1.68. The monoisotopic (exact) mass is 130 g/mol. The Labute approximate surface area is 54.2 Å². The quantitative estimate of drug-likeness (QED) is 0.414. The van der Waals surface area contributed by atoms with Crippen LogP contribution in [0, 0.1) is 0 Å². The fourth-order valence-corrected chi connectivity index (χ4v) is 0.440. The third kappa shape index (κ3) is 3.76. The molecule has 0 aliphatic carbocycles. The van der Waals surface area contributed by atoms with Crippen molar-refractivity contribution in [2.75, 3.05) is 0 Å². The second-order valence-electron chi connectivity index (χ2n) is 1.16. The van der Waals surface area contributed by atoms with Crippen molar-refractivity contribution < 1.29 is 0 Å². The summed E-state index contributed by atoms with van der Waals surface area (Å²) in [6, 6.07) is 0. The van der Waals surface area contributed by atoms with Crippen LogP contribution in [0.25, 0.3) is 0 Å². The highest BCUT2D eigenvalue weighted by Crippen LogP contribution is 1.82. The standard InChI is InChI=1S/C5H6S2/c1-5(4-7)2-3-6/h2-4H,1H3/b5-2-. The first-order chi connectivity index (χ1) is 3.31. The van der Waals surface area contributed by atoms with Gasteiger partial charge in [0, 0.05) is 10.7 Å². The molecule has 0 spiro atoms. The predicted octanol–water partition coefficient (Wildman–Crippen LogP) is 1.93. The van der Waals surface area contributed by atoms with E-state index in [2.05, 4.69) is 24.4 Å². The molecule has 0 fully saturated rings. The summed E-state index contributed by atoms with van der Waals surface area (Å²) in [4.78, 5) is 0. The van der Waals surface area contributed by atoms with Gasteiger partial charge in [0.15, 0.2) is 0 Å². The Hall–Kier alpha value is -0.0800. The number of allylic oxidation sites excluding steroid dienone is 2. The SMILES string of the molecule is C/C(C=S)=C/C=S. The van der Waals surface area contributed by atoms with Crippen molar-refractivity contribution in [3.05, 3.63) is 11.6 Å². The molecule has 0 rings (SSSR count). The minimum absolute atomic E-state index is 1.03. The fraction of sp³-hybridized carbons (Fsp3) is 0.200. The second-order valence-corrected chi connectivity index (χ2v) is 1.67. The third-order valence-electron chi connectivity index (χ3n) is 0.517. The molecule has 38 valence electrons. The largest absolute Gasteiger partial charge is 0.0887 e. The van der Waals surface area contributed by atoms with E-state index in [1.165, 1.54) is 0 Å². The van der Waals surface area contributed by atoms with Crippen molar-refractivity contribution in [2.24, 2.45) is 0 Å². The van der Waals surface area contributed by atoms with Crippen LogP contribution in [0.1, 0.15) is 6.92 Å². The van der Waals surface area contributed by atoms with Crippen LogP contribution in [0.2, 0.25) is 0 Å². The molecule has 0 aromatic carbocycles. The highest BCUT2D eigenvalue weighted by atomic mass is 32.1. The van der Waals surface area contributed by atoms with Crippen molar-refractivity contribution in [2.45, 2.75) is 6.92 Å². The molecule has 0 aromatic heterocycles. The van der Waals surface area contributed by atoms with Crippen LogP contribution >= 0.6 is 24.4 Å². The van der Waals surface area contributed by atoms with Crippen LogP contribution < -0.4 is 0 Å². The van der Waals surface area contributed by atoms with Gasteiger partial charge in [0.1, 0.15) is 0 Å². The number of rotatable bonds is 2. The highest BCUT2D eigenvalue weighted by molar-refractivity contribution is 7.79. The van der Waals surface area contributed by atoms with Gasteiger partial charge in [-0.05, 0) is 18.6 Å².